The van der Waals surface area contributed by atoms with Gasteiger partial charge in [0.25, 0.3) is 0 Å². The van der Waals surface area contributed by atoms with E-state index in [1.54, 1.807) is 24.3 Å². The minimum absolute atomic E-state index is 0.00268. The Bertz CT molecular complexity index is 1010. The number of rotatable bonds is 12. The molecule has 0 aliphatic carbocycles. The Balaban J connectivity index is 1.71. The lowest BCUT2D eigenvalue weighted by molar-refractivity contribution is -0.133. The van der Waals surface area contributed by atoms with Gasteiger partial charge in [0.15, 0.2) is 0 Å². The van der Waals surface area contributed by atoms with Gasteiger partial charge in [-0.15, -0.1) is 11.8 Å². The third-order valence-corrected chi connectivity index (χ3v) is 6.46. The van der Waals surface area contributed by atoms with E-state index in [2.05, 4.69) is 0 Å². The summed E-state index contributed by atoms with van der Waals surface area (Å²) in [4.78, 5) is 10.8. The molecule has 162 valence electrons. The number of phosphoric acid groups is 1. The first-order valence-electron chi connectivity index (χ1n) is 9.58. The minimum atomic E-state index is -3.93. The third kappa shape index (κ3) is 7.89. The van der Waals surface area contributed by atoms with Gasteiger partial charge in [0.05, 0.1) is 19.0 Å². The number of hydrogen-bond acceptors (Lipinski definition) is 6. The van der Waals surface area contributed by atoms with Crippen LogP contribution in [-0.4, -0.2) is 16.8 Å². The molecule has 31 heavy (non-hydrogen) atoms. The Hall–Kier alpha value is -2.57. The van der Waals surface area contributed by atoms with Crippen molar-refractivity contribution >= 4 is 25.6 Å². The molecule has 0 heterocycles. The molecular formula is C23H23O6PS. The molecule has 1 atom stereocenters. The molecule has 3 aromatic carbocycles. The first-order chi connectivity index (χ1) is 15.0. The number of carbonyl (C=O) groups is 1. The summed E-state index contributed by atoms with van der Waals surface area (Å²) in [7, 11) is -3.93. The summed E-state index contributed by atoms with van der Waals surface area (Å²) in [6.07, 6.45) is 0. The minimum Gasteiger partial charge on any atom is -0.481 e. The highest BCUT2D eigenvalue weighted by Crippen LogP contribution is 2.51. The Labute approximate surface area is 185 Å². The fourth-order valence-corrected chi connectivity index (χ4v) is 4.61. The second kappa shape index (κ2) is 11.7. The van der Waals surface area contributed by atoms with Gasteiger partial charge < -0.3 is 9.63 Å². The zero-order valence-corrected chi connectivity index (χ0v) is 18.5. The van der Waals surface area contributed by atoms with E-state index in [0.717, 1.165) is 16.7 Å². The molecule has 3 rings (SSSR count). The predicted octanol–water partition coefficient (Wildman–Crippen LogP) is 5.92. The van der Waals surface area contributed by atoms with Crippen LogP contribution in [0.2, 0.25) is 0 Å². The van der Waals surface area contributed by atoms with Gasteiger partial charge in [0.1, 0.15) is 5.75 Å². The Morgan fingerprint density at radius 1 is 0.806 bits per heavy atom. The lowest BCUT2D eigenvalue weighted by Gasteiger charge is -2.19. The van der Waals surface area contributed by atoms with E-state index in [9.17, 15) is 9.36 Å². The summed E-state index contributed by atoms with van der Waals surface area (Å²) in [5.74, 6) is 0.0175. The van der Waals surface area contributed by atoms with Crippen LogP contribution < -0.4 is 4.52 Å². The van der Waals surface area contributed by atoms with Gasteiger partial charge in [-0.2, -0.15) is 0 Å². The lowest BCUT2D eigenvalue weighted by atomic mass is 10.1. The van der Waals surface area contributed by atoms with E-state index in [-0.39, 0.29) is 19.0 Å². The summed E-state index contributed by atoms with van der Waals surface area (Å²) >= 11 is 1.29. The van der Waals surface area contributed by atoms with Gasteiger partial charge in [-0.05, 0) is 28.8 Å². The van der Waals surface area contributed by atoms with E-state index in [4.69, 9.17) is 18.7 Å². The molecule has 8 heteroatoms. The molecule has 0 amide bonds. The van der Waals surface area contributed by atoms with E-state index in [0.29, 0.717) is 11.5 Å². The number of carboxylic acids is 1. The van der Waals surface area contributed by atoms with E-state index < -0.39 is 13.8 Å². The van der Waals surface area contributed by atoms with Crippen LogP contribution in [0, 0.1) is 0 Å². The summed E-state index contributed by atoms with van der Waals surface area (Å²) in [5.41, 5.74) is 2.54. The first-order valence-corrected chi connectivity index (χ1v) is 12.2. The smallest absolute Gasteiger partial charge is 0.481 e. The highest BCUT2D eigenvalue weighted by atomic mass is 32.2. The van der Waals surface area contributed by atoms with Crippen molar-refractivity contribution < 1.29 is 28.0 Å². The van der Waals surface area contributed by atoms with Gasteiger partial charge in [0, 0.05) is 5.75 Å². The molecule has 3 aromatic rings. The highest BCUT2D eigenvalue weighted by molar-refractivity contribution is 7.99. The second-order valence-corrected chi connectivity index (χ2v) is 9.12. The number of hydrogen-bond donors (Lipinski definition) is 1. The molecule has 0 spiro atoms. The molecule has 0 bridgehead atoms. The molecule has 0 aliphatic heterocycles. The van der Waals surface area contributed by atoms with Gasteiger partial charge in [-0.1, -0.05) is 72.8 Å². The molecule has 6 nitrogen and oxygen atoms in total. The number of benzene rings is 3. The lowest BCUT2D eigenvalue weighted by Crippen LogP contribution is -2.05. The van der Waals surface area contributed by atoms with Gasteiger partial charge in [0.2, 0.25) is 0 Å². The van der Waals surface area contributed by atoms with Gasteiger partial charge in [-0.25, -0.2) is 4.57 Å². The van der Waals surface area contributed by atoms with Crippen LogP contribution in [0.3, 0.4) is 0 Å². The summed E-state index contributed by atoms with van der Waals surface area (Å²) in [5, 5.41) is 8.85. The molecule has 0 saturated carbocycles. The number of phosphoric ester groups is 1. The Kier molecular flexibility index (Phi) is 8.74. The van der Waals surface area contributed by atoms with Crippen molar-refractivity contribution in [3.8, 4) is 5.75 Å². The van der Waals surface area contributed by atoms with Crippen molar-refractivity contribution in [2.24, 2.45) is 0 Å². The molecule has 0 fully saturated rings. The fourth-order valence-electron chi connectivity index (χ4n) is 2.66. The SMILES string of the molecule is O=C(O)CSCc1ccccc1COP(=O)(OCc1ccccc1)Oc1ccccc1. The third-order valence-electron chi connectivity index (χ3n) is 4.17. The molecular weight excluding hydrogens is 435 g/mol. The summed E-state index contributed by atoms with van der Waals surface area (Å²) in [6.45, 7) is 0.0732. The fraction of sp³-hybridized carbons (Fsp3) is 0.174. The standard InChI is InChI=1S/C23H23O6PS/c24-23(25)18-31-17-21-12-8-7-11-20(21)16-28-30(26,29-22-13-5-2-6-14-22)27-15-19-9-3-1-4-10-19/h1-14H,15-18H2,(H,24,25). The van der Waals surface area contributed by atoms with Crippen molar-refractivity contribution in [2.75, 3.05) is 5.75 Å². The van der Waals surface area contributed by atoms with Crippen LogP contribution in [0.5, 0.6) is 5.75 Å². The summed E-state index contributed by atoms with van der Waals surface area (Å²) < 4.78 is 30.3. The van der Waals surface area contributed by atoms with Crippen molar-refractivity contribution in [3.63, 3.8) is 0 Å². The van der Waals surface area contributed by atoms with Crippen LogP contribution in [-0.2, 0) is 37.4 Å². The zero-order valence-electron chi connectivity index (χ0n) is 16.8. The van der Waals surface area contributed by atoms with Gasteiger partial charge in [-0.3, -0.25) is 13.8 Å². The maximum absolute atomic E-state index is 13.4. The average molecular weight is 458 g/mol. The average Bonchev–Trinajstić information content (AvgIpc) is 2.78. The zero-order chi connectivity index (χ0) is 21.9. The highest BCUT2D eigenvalue weighted by Gasteiger charge is 2.29. The maximum Gasteiger partial charge on any atom is 0.530 e. The van der Waals surface area contributed by atoms with Crippen molar-refractivity contribution in [1.29, 1.82) is 0 Å². The molecule has 0 aromatic heterocycles. The van der Waals surface area contributed by atoms with Gasteiger partial charge >= 0.3 is 13.8 Å². The first kappa shape index (κ1) is 23.1. The van der Waals surface area contributed by atoms with Crippen molar-refractivity contribution in [2.45, 2.75) is 19.0 Å². The molecule has 0 saturated heterocycles. The largest absolute Gasteiger partial charge is 0.530 e. The molecule has 0 radical (unpaired) electrons. The number of para-hydroxylation sites is 1. The number of thioether (sulfide) groups is 1. The number of aliphatic carboxylic acids is 1. The molecule has 0 aliphatic rings. The normalized spacial score (nSPS) is 12.8. The van der Waals surface area contributed by atoms with Crippen LogP contribution >= 0.6 is 19.6 Å². The van der Waals surface area contributed by atoms with Crippen molar-refractivity contribution in [1.82, 2.24) is 0 Å². The van der Waals surface area contributed by atoms with Crippen LogP contribution in [0.15, 0.2) is 84.9 Å². The van der Waals surface area contributed by atoms with Crippen LogP contribution in [0.4, 0.5) is 0 Å². The van der Waals surface area contributed by atoms with E-state index in [1.165, 1.54) is 11.8 Å². The second-order valence-electron chi connectivity index (χ2n) is 6.54. The topological polar surface area (TPSA) is 82.1 Å². The monoisotopic (exact) mass is 458 g/mol. The molecule has 1 unspecified atom stereocenters. The predicted molar refractivity (Wildman–Crippen MR) is 121 cm³/mol. The number of carboxylic acid groups (broad SMARTS) is 1. The Morgan fingerprint density at radius 2 is 1.39 bits per heavy atom. The van der Waals surface area contributed by atoms with E-state index >= 15 is 0 Å². The van der Waals surface area contributed by atoms with Crippen LogP contribution in [0.25, 0.3) is 0 Å². The van der Waals surface area contributed by atoms with Crippen molar-refractivity contribution in [3.05, 3.63) is 102 Å². The Morgan fingerprint density at radius 3 is 2.06 bits per heavy atom. The van der Waals surface area contributed by atoms with E-state index in [1.807, 2.05) is 60.7 Å². The maximum atomic E-state index is 13.4. The summed E-state index contributed by atoms with van der Waals surface area (Å²) in [6, 6.07) is 25.5. The van der Waals surface area contributed by atoms with Crippen LogP contribution in [0.1, 0.15) is 16.7 Å². The quantitative estimate of drug-likeness (QED) is 0.337. The molecule has 1 N–H and O–H groups in total.